The summed E-state index contributed by atoms with van der Waals surface area (Å²) >= 11 is 0. The Bertz CT molecular complexity index is 1190. The Labute approximate surface area is 201 Å². The van der Waals surface area contributed by atoms with Crippen molar-refractivity contribution >= 4 is 17.6 Å². The van der Waals surface area contributed by atoms with Crippen molar-refractivity contribution in [2.45, 2.75) is 32.0 Å². The lowest BCUT2D eigenvalue weighted by atomic mass is 9.99. The van der Waals surface area contributed by atoms with Crippen molar-refractivity contribution in [2.24, 2.45) is 0 Å². The monoisotopic (exact) mass is 481 g/mol. The van der Waals surface area contributed by atoms with Gasteiger partial charge in [-0.05, 0) is 47.9 Å². The van der Waals surface area contributed by atoms with Crippen LogP contribution in [0.4, 0.5) is 14.6 Å². The second kappa shape index (κ2) is 11.2. The molecule has 1 aliphatic heterocycles. The van der Waals surface area contributed by atoms with Crippen molar-refractivity contribution in [3.63, 3.8) is 0 Å². The number of benzene rings is 2. The molecule has 0 aliphatic carbocycles. The summed E-state index contributed by atoms with van der Waals surface area (Å²) in [5.41, 5.74) is 2.10. The number of hydrogen-bond donors (Lipinski definition) is 1. The average Bonchev–Trinajstić information content (AvgIpc) is 3.12. The van der Waals surface area contributed by atoms with Gasteiger partial charge in [-0.25, -0.2) is 13.8 Å². The summed E-state index contributed by atoms with van der Waals surface area (Å²) in [6.45, 7) is 0.678. The third-order valence-corrected chi connectivity index (χ3v) is 5.73. The molecule has 4 rings (SSSR count). The number of pyridine rings is 1. The fourth-order valence-electron chi connectivity index (χ4n) is 4.08. The summed E-state index contributed by atoms with van der Waals surface area (Å²) in [7, 11) is 1.54. The van der Waals surface area contributed by atoms with E-state index in [1.54, 1.807) is 36.5 Å². The molecule has 0 fully saturated rings. The van der Waals surface area contributed by atoms with E-state index in [4.69, 9.17) is 9.47 Å². The van der Waals surface area contributed by atoms with Crippen LogP contribution in [0.5, 0.6) is 0 Å². The second-order valence-corrected chi connectivity index (χ2v) is 8.17. The van der Waals surface area contributed by atoms with Crippen LogP contribution in [0, 0.1) is 11.6 Å². The van der Waals surface area contributed by atoms with Gasteiger partial charge in [0.2, 0.25) is 5.91 Å². The van der Waals surface area contributed by atoms with E-state index in [2.05, 4.69) is 10.3 Å². The minimum atomic E-state index is -0.622. The molecule has 0 radical (unpaired) electrons. The van der Waals surface area contributed by atoms with Gasteiger partial charge in [0.1, 0.15) is 24.2 Å². The molecule has 35 heavy (non-hydrogen) atoms. The summed E-state index contributed by atoms with van der Waals surface area (Å²) < 4.78 is 38.1. The van der Waals surface area contributed by atoms with Crippen LogP contribution in [0.25, 0.3) is 0 Å². The number of fused-ring (bicyclic) bond motifs is 1. The highest BCUT2D eigenvalue weighted by molar-refractivity contribution is 5.99. The molecular formula is C26H25F2N3O4. The number of anilines is 1. The van der Waals surface area contributed by atoms with E-state index in [-0.39, 0.29) is 54.9 Å². The number of carbonyl (C=O) groups excluding carboxylic acids is 2. The molecule has 2 heterocycles. The van der Waals surface area contributed by atoms with Gasteiger partial charge in [0, 0.05) is 37.4 Å². The number of rotatable bonds is 10. The van der Waals surface area contributed by atoms with E-state index < -0.39 is 11.9 Å². The standard InChI is InChI=1S/C26H25F2N3O4/c1-34-16-35-15-18-7-11-23(29-13-18)30-24(32)12-10-22-25-20(3-2-4-21(25)28)26(33)31(22)14-17-5-8-19(27)9-6-17/h2-9,11,13,22H,10,12,14-16H2,1H3,(H,29,30,32). The number of methoxy groups -OCH3 is 1. The third kappa shape index (κ3) is 5.87. The van der Waals surface area contributed by atoms with Gasteiger partial charge in [-0.2, -0.15) is 0 Å². The first kappa shape index (κ1) is 24.4. The number of amides is 2. The second-order valence-electron chi connectivity index (χ2n) is 8.17. The number of nitrogens with one attached hydrogen (secondary N) is 1. The van der Waals surface area contributed by atoms with Gasteiger partial charge in [-0.1, -0.05) is 24.3 Å². The van der Waals surface area contributed by atoms with Crippen molar-refractivity contribution in [1.82, 2.24) is 9.88 Å². The van der Waals surface area contributed by atoms with Gasteiger partial charge in [0.05, 0.1) is 12.6 Å². The predicted octanol–water partition coefficient (Wildman–Crippen LogP) is 4.60. The van der Waals surface area contributed by atoms with Gasteiger partial charge < -0.3 is 19.7 Å². The molecule has 2 amide bonds. The summed E-state index contributed by atoms with van der Waals surface area (Å²) in [5.74, 6) is -1.12. The Morgan fingerprint density at radius 1 is 1.09 bits per heavy atom. The minimum Gasteiger partial charge on any atom is -0.359 e. The Balaban J connectivity index is 1.43. The number of aromatic nitrogens is 1. The lowest BCUT2D eigenvalue weighted by Gasteiger charge is -2.25. The van der Waals surface area contributed by atoms with Crippen molar-refractivity contribution in [3.05, 3.63) is 94.7 Å². The molecule has 2 aromatic carbocycles. The van der Waals surface area contributed by atoms with Gasteiger partial charge in [0.15, 0.2) is 0 Å². The topological polar surface area (TPSA) is 80.8 Å². The van der Waals surface area contributed by atoms with Gasteiger partial charge >= 0.3 is 0 Å². The van der Waals surface area contributed by atoms with Crippen LogP contribution in [-0.4, -0.2) is 35.6 Å². The molecule has 9 heteroatoms. The quantitative estimate of drug-likeness (QED) is 0.338. The first-order valence-corrected chi connectivity index (χ1v) is 11.1. The molecular weight excluding hydrogens is 456 g/mol. The van der Waals surface area contributed by atoms with E-state index in [1.807, 2.05) is 0 Å². The van der Waals surface area contributed by atoms with Gasteiger partial charge in [-0.3, -0.25) is 9.59 Å². The number of nitrogens with zero attached hydrogens (tertiary/aromatic N) is 2. The van der Waals surface area contributed by atoms with Crippen molar-refractivity contribution < 1.29 is 27.8 Å². The van der Waals surface area contributed by atoms with E-state index in [1.165, 1.54) is 36.3 Å². The van der Waals surface area contributed by atoms with Crippen LogP contribution < -0.4 is 5.32 Å². The van der Waals surface area contributed by atoms with E-state index in [0.29, 0.717) is 18.0 Å². The first-order chi connectivity index (χ1) is 17.0. The Morgan fingerprint density at radius 2 is 1.86 bits per heavy atom. The molecule has 0 bridgehead atoms. The highest BCUT2D eigenvalue weighted by atomic mass is 19.1. The zero-order valence-electron chi connectivity index (χ0n) is 19.2. The Hall–Kier alpha value is -3.69. The zero-order valence-corrected chi connectivity index (χ0v) is 19.2. The summed E-state index contributed by atoms with van der Waals surface area (Å²) in [5, 5.41) is 2.73. The Kier molecular flexibility index (Phi) is 7.79. The molecule has 1 unspecified atom stereocenters. The van der Waals surface area contributed by atoms with Crippen molar-refractivity contribution in [3.8, 4) is 0 Å². The van der Waals surface area contributed by atoms with Crippen LogP contribution >= 0.6 is 0 Å². The summed E-state index contributed by atoms with van der Waals surface area (Å²) in [6, 6.07) is 13.0. The van der Waals surface area contributed by atoms with Crippen LogP contribution in [0.15, 0.2) is 60.8 Å². The SMILES string of the molecule is COCOCc1ccc(NC(=O)CCC2c3c(F)cccc3C(=O)N2Cc2ccc(F)cc2)nc1. The largest absolute Gasteiger partial charge is 0.359 e. The third-order valence-electron chi connectivity index (χ3n) is 5.73. The van der Waals surface area contributed by atoms with Crippen molar-refractivity contribution in [2.75, 3.05) is 19.2 Å². The number of halogens is 2. The summed E-state index contributed by atoms with van der Waals surface area (Å²) in [4.78, 5) is 31.4. The predicted molar refractivity (Wildman–Crippen MR) is 124 cm³/mol. The maximum Gasteiger partial charge on any atom is 0.255 e. The smallest absolute Gasteiger partial charge is 0.255 e. The lowest BCUT2D eigenvalue weighted by molar-refractivity contribution is -0.116. The summed E-state index contributed by atoms with van der Waals surface area (Å²) in [6.07, 6.45) is 1.86. The molecule has 182 valence electrons. The molecule has 7 nitrogen and oxygen atoms in total. The maximum atomic E-state index is 14.7. The first-order valence-electron chi connectivity index (χ1n) is 11.1. The van der Waals surface area contributed by atoms with E-state index in [9.17, 15) is 18.4 Å². The van der Waals surface area contributed by atoms with Crippen LogP contribution in [-0.2, 0) is 27.4 Å². The molecule has 0 saturated heterocycles. The van der Waals surface area contributed by atoms with Crippen molar-refractivity contribution in [1.29, 1.82) is 0 Å². The van der Waals surface area contributed by atoms with Gasteiger partial charge in [-0.15, -0.1) is 0 Å². The molecule has 1 N–H and O–H groups in total. The average molecular weight is 481 g/mol. The van der Waals surface area contributed by atoms with Crippen LogP contribution in [0.3, 0.4) is 0 Å². The molecule has 1 atom stereocenters. The number of ether oxygens (including phenoxy) is 2. The molecule has 0 saturated carbocycles. The minimum absolute atomic E-state index is 0.0476. The lowest BCUT2D eigenvalue weighted by Crippen LogP contribution is -2.28. The molecule has 1 aliphatic rings. The number of hydrogen-bond acceptors (Lipinski definition) is 5. The normalized spacial score (nSPS) is 14.8. The number of carbonyl (C=O) groups is 2. The van der Waals surface area contributed by atoms with E-state index >= 15 is 0 Å². The fraction of sp³-hybridized carbons (Fsp3) is 0.269. The van der Waals surface area contributed by atoms with E-state index in [0.717, 1.165) is 5.56 Å². The highest BCUT2D eigenvalue weighted by Gasteiger charge is 2.38. The molecule has 1 aromatic heterocycles. The zero-order chi connectivity index (χ0) is 24.8. The molecule has 0 spiro atoms. The van der Waals surface area contributed by atoms with Crippen LogP contribution in [0.2, 0.25) is 0 Å². The van der Waals surface area contributed by atoms with Gasteiger partial charge in [0.25, 0.3) is 5.91 Å². The fourth-order valence-corrected chi connectivity index (χ4v) is 4.08. The molecule has 3 aromatic rings. The Morgan fingerprint density at radius 3 is 2.57 bits per heavy atom. The highest BCUT2D eigenvalue weighted by Crippen LogP contribution is 2.39. The van der Waals surface area contributed by atoms with Crippen LogP contribution in [0.1, 0.15) is 45.9 Å². The maximum absolute atomic E-state index is 14.7.